The van der Waals surface area contributed by atoms with Crippen LogP contribution in [0.4, 0.5) is 11.4 Å². The van der Waals surface area contributed by atoms with E-state index in [1.807, 2.05) is 19.9 Å². The molecule has 0 aromatic heterocycles. The van der Waals surface area contributed by atoms with Crippen molar-refractivity contribution in [3.05, 3.63) is 33.9 Å². The summed E-state index contributed by atoms with van der Waals surface area (Å²) < 4.78 is 0. The van der Waals surface area contributed by atoms with Crippen LogP contribution in [0.5, 0.6) is 0 Å². The van der Waals surface area contributed by atoms with Gasteiger partial charge in [-0.1, -0.05) is 0 Å². The number of nitrogens with zero attached hydrogens (tertiary/aromatic N) is 3. The van der Waals surface area contributed by atoms with E-state index in [9.17, 15) is 14.9 Å². The van der Waals surface area contributed by atoms with E-state index in [0.29, 0.717) is 18.8 Å². The van der Waals surface area contributed by atoms with Crippen molar-refractivity contribution in [1.29, 1.82) is 5.26 Å². The lowest BCUT2D eigenvalue weighted by Crippen LogP contribution is -2.37. The van der Waals surface area contributed by atoms with E-state index in [1.54, 1.807) is 4.90 Å². The van der Waals surface area contributed by atoms with E-state index in [0.717, 1.165) is 0 Å². The first kappa shape index (κ1) is 15.4. The number of amides is 1. The molecule has 0 unspecified atom stereocenters. The lowest BCUT2D eigenvalue weighted by Gasteiger charge is -2.23. The van der Waals surface area contributed by atoms with Gasteiger partial charge in [-0.25, -0.2) is 0 Å². The van der Waals surface area contributed by atoms with Crippen molar-refractivity contribution < 1.29 is 9.72 Å². The summed E-state index contributed by atoms with van der Waals surface area (Å²) in [7, 11) is 0. The molecule has 0 spiro atoms. The highest BCUT2D eigenvalue weighted by molar-refractivity contribution is 5.82. The van der Waals surface area contributed by atoms with Crippen LogP contribution in [-0.2, 0) is 4.79 Å². The fraction of sp³-hybridized carbons (Fsp3) is 0.385. The average molecular weight is 276 g/mol. The van der Waals surface area contributed by atoms with Crippen molar-refractivity contribution in [2.75, 3.05) is 24.5 Å². The highest BCUT2D eigenvalue weighted by atomic mass is 16.6. The van der Waals surface area contributed by atoms with E-state index >= 15 is 0 Å². The largest absolute Gasteiger partial charge is 0.361 e. The molecule has 7 heteroatoms. The molecule has 1 aromatic rings. The molecule has 0 bridgehead atoms. The molecule has 0 fully saturated rings. The molecule has 0 saturated carbocycles. The molecule has 1 aromatic carbocycles. The fourth-order valence-electron chi connectivity index (χ4n) is 1.80. The van der Waals surface area contributed by atoms with Crippen LogP contribution in [0.25, 0.3) is 0 Å². The van der Waals surface area contributed by atoms with E-state index < -0.39 is 4.92 Å². The molecule has 0 aliphatic rings. The first-order valence-corrected chi connectivity index (χ1v) is 6.23. The Morgan fingerprint density at radius 2 is 2.20 bits per heavy atom. The molecule has 1 rings (SSSR count). The van der Waals surface area contributed by atoms with Gasteiger partial charge in [0, 0.05) is 25.2 Å². The summed E-state index contributed by atoms with van der Waals surface area (Å²) in [5.74, 6) is -0.156. The summed E-state index contributed by atoms with van der Waals surface area (Å²) in [5, 5.41) is 22.5. The lowest BCUT2D eigenvalue weighted by molar-refractivity contribution is -0.384. The van der Waals surface area contributed by atoms with Gasteiger partial charge in [0.25, 0.3) is 5.69 Å². The quantitative estimate of drug-likeness (QED) is 0.626. The Labute approximate surface area is 117 Å². The van der Waals surface area contributed by atoms with Crippen molar-refractivity contribution in [3.8, 4) is 6.07 Å². The predicted octanol–water partition coefficient (Wildman–Crippen LogP) is 1.43. The Hall–Kier alpha value is -2.62. The fourth-order valence-corrected chi connectivity index (χ4v) is 1.80. The Kier molecular flexibility index (Phi) is 5.47. The van der Waals surface area contributed by atoms with Gasteiger partial charge in [-0.05, 0) is 19.9 Å². The smallest absolute Gasteiger partial charge is 0.270 e. The lowest BCUT2D eigenvalue weighted by atomic mass is 10.1. The zero-order valence-corrected chi connectivity index (χ0v) is 11.4. The number of nitriles is 1. The van der Waals surface area contributed by atoms with Crippen molar-refractivity contribution >= 4 is 17.3 Å². The summed E-state index contributed by atoms with van der Waals surface area (Å²) in [4.78, 5) is 23.5. The number of rotatable bonds is 6. The zero-order valence-electron chi connectivity index (χ0n) is 11.4. The normalized spacial score (nSPS) is 9.65. The van der Waals surface area contributed by atoms with Gasteiger partial charge in [-0.15, -0.1) is 0 Å². The minimum absolute atomic E-state index is 0.108. The van der Waals surface area contributed by atoms with Crippen LogP contribution in [0.1, 0.15) is 19.4 Å². The summed E-state index contributed by atoms with van der Waals surface area (Å²) in [5.41, 5.74) is 0.566. The number of likely N-dealkylation sites (N-methyl/N-ethyl adjacent to an activating group) is 2. The van der Waals surface area contributed by atoms with E-state index in [-0.39, 0.29) is 23.7 Å². The first-order valence-electron chi connectivity index (χ1n) is 6.23. The maximum atomic E-state index is 11.6. The van der Waals surface area contributed by atoms with Gasteiger partial charge in [0.15, 0.2) is 0 Å². The van der Waals surface area contributed by atoms with Crippen LogP contribution in [0, 0.1) is 21.4 Å². The number of nitro groups is 1. The van der Waals surface area contributed by atoms with Gasteiger partial charge in [0.2, 0.25) is 5.91 Å². The van der Waals surface area contributed by atoms with Crippen LogP contribution in [0.3, 0.4) is 0 Å². The zero-order chi connectivity index (χ0) is 15.1. The minimum Gasteiger partial charge on any atom is -0.361 e. The molecular weight excluding hydrogens is 260 g/mol. The number of hydrogen-bond donors (Lipinski definition) is 1. The summed E-state index contributed by atoms with van der Waals surface area (Å²) >= 11 is 0. The third-order valence-corrected chi connectivity index (χ3v) is 2.74. The second kappa shape index (κ2) is 7.09. The second-order valence-corrected chi connectivity index (χ2v) is 4.04. The van der Waals surface area contributed by atoms with Crippen LogP contribution < -0.4 is 10.2 Å². The van der Waals surface area contributed by atoms with Crippen LogP contribution in [0.2, 0.25) is 0 Å². The number of nitrogens with one attached hydrogen (secondary N) is 1. The number of hydrogen-bond acceptors (Lipinski definition) is 5. The summed E-state index contributed by atoms with van der Waals surface area (Å²) in [6.07, 6.45) is 0. The van der Waals surface area contributed by atoms with Crippen LogP contribution >= 0.6 is 0 Å². The van der Waals surface area contributed by atoms with Crippen molar-refractivity contribution in [2.45, 2.75) is 13.8 Å². The third-order valence-electron chi connectivity index (χ3n) is 2.74. The molecule has 1 amide bonds. The molecule has 0 aliphatic carbocycles. The third kappa shape index (κ3) is 3.68. The Bertz CT molecular complexity index is 551. The molecule has 0 radical (unpaired) electrons. The minimum atomic E-state index is -0.551. The number of carbonyl (C=O) groups excluding carboxylic acids is 1. The topological polar surface area (TPSA) is 99.3 Å². The van der Waals surface area contributed by atoms with Crippen molar-refractivity contribution in [2.24, 2.45) is 0 Å². The SMILES string of the molecule is CCNC(=O)CN(CC)c1ccc([N+](=O)[O-])cc1C#N. The number of carbonyl (C=O) groups is 1. The maximum Gasteiger partial charge on any atom is 0.270 e. The molecule has 0 aliphatic heterocycles. The maximum absolute atomic E-state index is 11.6. The Balaban J connectivity index is 3.06. The number of nitro benzene ring substituents is 1. The summed E-state index contributed by atoms with van der Waals surface area (Å²) in [6.45, 7) is 4.82. The van der Waals surface area contributed by atoms with Gasteiger partial charge >= 0.3 is 0 Å². The van der Waals surface area contributed by atoms with Crippen LogP contribution in [-0.4, -0.2) is 30.5 Å². The number of anilines is 1. The van der Waals surface area contributed by atoms with E-state index in [4.69, 9.17) is 5.26 Å². The number of non-ortho nitro benzene ring substituents is 1. The van der Waals surface area contributed by atoms with E-state index in [2.05, 4.69) is 5.32 Å². The van der Waals surface area contributed by atoms with Gasteiger partial charge in [-0.3, -0.25) is 14.9 Å². The van der Waals surface area contributed by atoms with Gasteiger partial charge in [0.1, 0.15) is 6.07 Å². The molecule has 7 nitrogen and oxygen atoms in total. The molecule has 1 N–H and O–H groups in total. The van der Waals surface area contributed by atoms with Crippen LogP contribution in [0.15, 0.2) is 18.2 Å². The molecule has 106 valence electrons. The monoisotopic (exact) mass is 276 g/mol. The molecule has 0 atom stereocenters. The standard InChI is InChI=1S/C13H16N4O3/c1-3-15-13(18)9-16(4-2)12-6-5-11(17(19)20)7-10(12)8-14/h5-7H,3-4,9H2,1-2H3,(H,15,18). The van der Waals surface area contributed by atoms with Crippen molar-refractivity contribution in [1.82, 2.24) is 5.32 Å². The number of benzene rings is 1. The molecule has 0 saturated heterocycles. The van der Waals surface area contributed by atoms with Gasteiger partial charge in [0.05, 0.1) is 22.7 Å². The molecule has 0 heterocycles. The Morgan fingerprint density at radius 1 is 1.50 bits per heavy atom. The highest BCUT2D eigenvalue weighted by Crippen LogP contribution is 2.24. The van der Waals surface area contributed by atoms with Crippen molar-refractivity contribution in [3.63, 3.8) is 0 Å². The van der Waals surface area contributed by atoms with Gasteiger partial charge < -0.3 is 10.2 Å². The first-order chi connectivity index (χ1) is 9.53. The summed E-state index contributed by atoms with van der Waals surface area (Å²) in [6, 6.07) is 5.98. The molecular formula is C13H16N4O3. The second-order valence-electron chi connectivity index (χ2n) is 4.04. The van der Waals surface area contributed by atoms with Gasteiger partial charge in [-0.2, -0.15) is 5.26 Å². The average Bonchev–Trinajstić information content (AvgIpc) is 2.44. The Morgan fingerprint density at radius 3 is 2.70 bits per heavy atom. The predicted molar refractivity (Wildman–Crippen MR) is 74.4 cm³/mol. The van der Waals surface area contributed by atoms with E-state index in [1.165, 1.54) is 18.2 Å². The highest BCUT2D eigenvalue weighted by Gasteiger charge is 2.16. The molecule has 20 heavy (non-hydrogen) atoms.